The molecule has 1 unspecified atom stereocenters. The van der Waals surface area contributed by atoms with Gasteiger partial charge in [0.15, 0.2) is 0 Å². The van der Waals surface area contributed by atoms with Crippen molar-refractivity contribution in [2.75, 3.05) is 11.5 Å². The van der Waals surface area contributed by atoms with Gasteiger partial charge in [0.1, 0.15) is 17.1 Å². The molecule has 2 fully saturated rings. The van der Waals surface area contributed by atoms with Crippen LogP contribution in [0.2, 0.25) is 0 Å². The summed E-state index contributed by atoms with van der Waals surface area (Å²) in [5.74, 6) is 0.498. The van der Waals surface area contributed by atoms with Gasteiger partial charge in [-0.2, -0.15) is 11.8 Å². The number of β-lactam (4-membered cyclic amide) rings is 1. The number of hydrogen-bond acceptors (Lipinski definition) is 5. The second-order valence-electron chi connectivity index (χ2n) is 4.62. The van der Waals surface area contributed by atoms with Crippen LogP contribution in [-0.4, -0.2) is 50.1 Å². The number of carbonyl (C=O) groups excluding carboxylic acids is 1. The molecule has 1 amide bonds. The molecule has 5 nitrogen and oxygen atoms in total. The number of carboxylic acid groups (broad SMARTS) is 1. The van der Waals surface area contributed by atoms with Gasteiger partial charge < -0.3 is 10.8 Å². The van der Waals surface area contributed by atoms with Crippen molar-refractivity contribution in [3.63, 3.8) is 0 Å². The summed E-state index contributed by atoms with van der Waals surface area (Å²) in [5.41, 5.74) is 6.81. The quantitative estimate of drug-likeness (QED) is 0.718. The molecule has 0 radical (unpaired) electrons. The van der Waals surface area contributed by atoms with Gasteiger partial charge in [-0.25, -0.2) is 4.79 Å². The molecule has 2 saturated heterocycles. The highest BCUT2D eigenvalue weighted by molar-refractivity contribution is 8.01. The first kappa shape index (κ1) is 12.4. The van der Waals surface area contributed by atoms with Gasteiger partial charge in [-0.1, -0.05) is 0 Å². The smallest absolute Gasteiger partial charge is 0.352 e. The van der Waals surface area contributed by atoms with E-state index in [2.05, 4.69) is 0 Å². The number of carboxylic acids is 1. The minimum atomic E-state index is -0.997. The Morgan fingerprint density at radius 2 is 2.22 bits per heavy atom. The van der Waals surface area contributed by atoms with Crippen LogP contribution in [0.5, 0.6) is 0 Å². The summed E-state index contributed by atoms with van der Waals surface area (Å²) in [4.78, 5) is 24.6. The standard InChI is InChI=1S/C11H14N2O3S2/c12-7-9(14)13-8(11(15)16)5(4-18-10(7)13)6-2-1-3-17-6/h6-7,10H,1-4,12H2,(H,15,16)/t6?,7-,10-/m1/s1. The first-order chi connectivity index (χ1) is 8.61. The summed E-state index contributed by atoms with van der Waals surface area (Å²) >= 11 is 3.38. The van der Waals surface area contributed by atoms with Gasteiger partial charge in [0.05, 0.1) is 0 Å². The Morgan fingerprint density at radius 1 is 1.44 bits per heavy atom. The minimum absolute atomic E-state index is 0.182. The lowest BCUT2D eigenvalue weighted by molar-refractivity contribution is -0.148. The third-order valence-electron chi connectivity index (χ3n) is 3.56. The van der Waals surface area contributed by atoms with Crippen molar-refractivity contribution in [1.29, 1.82) is 0 Å². The van der Waals surface area contributed by atoms with Crippen molar-refractivity contribution >= 4 is 35.4 Å². The molecule has 3 atom stereocenters. The van der Waals surface area contributed by atoms with Gasteiger partial charge in [0.25, 0.3) is 0 Å². The number of nitrogens with zero attached hydrogens (tertiary/aromatic N) is 1. The van der Waals surface area contributed by atoms with Crippen LogP contribution in [0.3, 0.4) is 0 Å². The molecule has 0 aromatic carbocycles. The predicted molar refractivity (Wildman–Crippen MR) is 71.2 cm³/mol. The van der Waals surface area contributed by atoms with Crippen molar-refractivity contribution in [3.05, 3.63) is 11.3 Å². The number of amides is 1. The van der Waals surface area contributed by atoms with Crippen LogP contribution in [0.15, 0.2) is 11.3 Å². The Kier molecular flexibility index (Phi) is 3.07. The Balaban J connectivity index is 1.97. The number of fused-ring (bicyclic) bond motifs is 1. The monoisotopic (exact) mass is 286 g/mol. The molecule has 0 saturated carbocycles. The Hall–Kier alpha value is -0.660. The van der Waals surface area contributed by atoms with Crippen molar-refractivity contribution in [3.8, 4) is 0 Å². The second kappa shape index (κ2) is 4.47. The van der Waals surface area contributed by atoms with Crippen LogP contribution in [-0.2, 0) is 9.59 Å². The molecule has 3 aliphatic heterocycles. The van der Waals surface area contributed by atoms with E-state index in [1.807, 2.05) is 0 Å². The van der Waals surface area contributed by atoms with Gasteiger partial charge in [0.2, 0.25) is 5.91 Å². The van der Waals surface area contributed by atoms with Gasteiger partial charge >= 0.3 is 5.97 Å². The van der Waals surface area contributed by atoms with Crippen molar-refractivity contribution in [1.82, 2.24) is 4.90 Å². The molecular weight excluding hydrogens is 272 g/mol. The second-order valence-corrected chi connectivity index (χ2v) is 7.03. The van der Waals surface area contributed by atoms with E-state index >= 15 is 0 Å². The summed E-state index contributed by atoms with van der Waals surface area (Å²) in [5, 5.41) is 9.46. The van der Waals surface area contributed by atoms with E-state index in [0.717, 1.165) is 24.2 Å². The first-order valence-corrected chi connectivity index (χ1v) is 7.99. The number of nitrogens with two attached hydrogens (primary N) is 1. The van der Waals surface area contributed by atoms with E-state index < -0.39 is 12.0 Å². The van der Waals surface area contributed by atoms with E-state index in [0.29, 0.717) is 5.75 Å². The fourth-order valence-corrected chi connectivity index (χ4v) is 5.46. The number of rotatable bonds is 2. The highest BCUT2D eigenvalue weighted by Gasteiger charge is 2.52. The van der Waals surface area contributed by atoms with Gasteiger partial charge in [-0.15, -0.1) is 11.8 Å². The van der Waals surface area contributed by atoms with Crippen LogP contribution >= 0.6 is 23.5 Å². The summed E-state index contributed by atoms with van der Waals surface area (Å²) in [6.07, 6.45) is 2.13. The summed E-state index contributed by atoms with van der Waals surface area (Å²) in [7, 11) is 0. The maximum atomic E-state index is 11.8. The average Bonchev–Trinajstić information content (AvgIpc) is 2.89. The molecule has 7 heteroatoms. The fourth-order valence-electron chi connectivity index (χ4n) is 2.64. The van der Waals surface area contributed by atoms with Crippen LogP contribution in [0.25, 0.3) is 0 Å². The largest absolute Gasteiger partial charge is 0.477 e. The summed E-state index contributed by atoms with van der Waals surface area (Å²) in [6.45, 7) is 0. The van der Waals surface area contributed by atoms with Crippen LogP contribution in [0.4, 0.5) is 0 Å². The molecule has 0 aliphatic carbocycles. The van der Waals surface area contributed by atoms with E-state index in [1.165, 1.54) is 4.90 Å². The average molecular weight is 286 g/mol. The van der Waals surface area contributed by atoms with E-state index in [4.69, 9.17) is 5.73 Å². The zero-order valence-electron chi connectivity index (χ0n) is 9.67. The Labute approximate surface area is 113 Å². The van der Waals surface area contributed by atoms with E-state index in [-0.39, 0.29) is 22.2 Å². The van der Waals surface area contributed by atoms with Crippen LogP contribution in [0.1, 0.15) is 12.8 Å². The fraction of sp³-hybridized carbons (Fsp3) is 0.636. The number of aliphatic carboxylic acids is 1. The van der Waals surface area contributed by atoms with Crippen LogP contribution < -0.4 is 5.73 Å². The Bertz CT molecular complexity index is 446. The molecule has 0 spiro atoms. The number of hydrogen-bond donors (Lipinski definition) is 2. The molecule has 0 aromatic rings. The molecule has 0 bridgehead atoms. The molecule has 3 rings (SSSR count). The topological polar surface area (TPSA) is 83.6 Å². The zero-order chi connectivity index (χ0) is 12.9. The van der Waals surface area contributed by atoms with Crippen molar-refractivity contribution in [2.45, 2.75) is 29.5 Å². The maximum absolute atomic E-state index is 11.8. The Morgan fingerprint density at radius 3 is 2.83 bits per heavy atom. The number of carbonyl (C=O) groups is 2. The molecule has 3 aliphatic rings. The van der Waals surface area contributed by atoms with E-state index in [1.54, 1.807) is 23.5 Å². The van der Waals surface area contributed by atoms with Gasteiger partial charge in [-0.3, -0.25) is 9.69 Å². The highest BCUT2D eigenvalue weighted by atomic mass is 32.2. The lowest BCUT2D eigenvalue weighted by Gasteiger charge is -2.48. The molecule has 98 valence electrons. The lowest BCUT2D eigenvalue weighted by Crippen LogP contribution is -2.68. The molecule has 0 aromatic heterocycles. The van der Waals surface area contributed by atoms with Crippen molar-refractivity contribution in [2.24, 2.45) is 5.73 Å². The molecule has 18 heavy (non-hydrogen) atoms. The third-order valence-corrected chi connectivity index (χ3v) is 6.33. The lowest BCUT2D eigenvalue weighted by atomic mass is 10.0. The number of thioether (sulfide) groups is 2. The maximum Gasteiger partial charge on any atom is 0.352 e. The van der Waals surface area contributed by atoms with Gasteiger partial charge in [0, 0.05) is 11.0 Å². The highest BCUT2D eigenvalue weighted by Crippen LogP contribution is 2.44. The summed E-state index contributed by atoms with van der Waals surface area (Å²) < 4.78 is 0. The molecule has 3 heterocycles. The predicted octanol–water partition coefficient (Wildman–Crippen LogP) is 0.463. The van der Waals surface area contributed by atoms with Gasteiger partial charge in [-0.05, 0) is 24.2 Å². The van der Waals surface area contributed by atoms with Crippen LogP contribution in [0, 0.1) is 0 Å². The molecular formula is C11H14N2O3S2. The van der Waals surface area contributed by atoms with E-state index in [9.17, 15) is 14.7 Å². The zero-order valence-corrected chi connectivity index (χ0v) is 11.3. The van der Waals surface area contributed by atoms with Crippen molar-refractivity contribution < 1.29 is 14.7 Å². The normalized spacial score (nSPS) is 35.5. The minimum Gasteiger partial charge on any atom is -0.477 e. The SMILES string of the molecule is N[C@@H]1C(=O)N2C(C(=O)O)=C(C3CCCS3)CS[C@H]12. The molecule has 3 N–H and O–H groups in total. The first-order valence-electron chi connectivity index (χ1n) is 5.89. The third kappa shape index (κ3) is 1.68. The summed E-state index contributed by atoms with van der Waals surface area (Å²) in [6, 6.07) is -0.540.